The van der Waals surface area contributed by atoms with E-state index in [0.717, 1.165) is 22.5 Å². The number of benzene rings is 1. The van der Waals surface area contributed by atoms with Crippen LogP contribution in [-0.2, 0) is 17.8 Å². The average molecular weight is 327 g/mol. The molecule has 0 aliphatic heterocycles. The molecule has 1 aromatic carbocycles. The highest BCUT2D eigenvalue weighted by molar-refractivity contribution is 5.76. The number of carbonyl (C=O) groups is 1. The van der Waals surface area contributed by atoms with Crippen LogP contribution in [0.4, 0.5) is 4.39 Å². The highest BCUT2D eigenvalue weighted by Crippen LogP contribution is 2.14. The minimum atomic E-state index is -0.285. The number of amides is 1. The van der Waals surface area contributed by atoms with Crippen molar-refractivity contribution in [2.24, 2.45) is 0 Å². The maximum atomic E-state index is 12.9. The summed E-state index contributed by atoms with van der Waals surface area (Å²) in [5.41, 5.74) is 3.67. The molecule has 0 aliphatic rings. The number of fused-ring (bicyclic) bond motifs is 1. The zero-order valence-corrected chi connectivity index (χ0v) is 13.6. The lowest BCUT2D eigenvalue weighted by atomic mass is 10.1. The Morgan fingerprint density at radius 3 is 2.75 bits per heavy atom. The lowest BCUT2D eigenvalue weighted by Gasteiger charge is -2.10. The van der Waals surface area contributed by atoms with Crippen LogP contribution in [-0.4, -0.2) is 25.5 Å². The molecule has 3 aromatic rings. The molecule has 0 fully saturated rings. The van der Waals surface area contributed by atoms with Gasteiger partial charge in [0.15, 0.2) is 0 Å². The van der Waals surface area contributed by atoms with E-state index in [9.17, 15) is 9.18 Å². The van der Waals surface area contributed by atoms with Gasteiger partial charge in [0.2, 0.25) is 5.91 Å². The Morgan fingerprint density at radius 2 is 2.00 bits per heavy atom. The average Bonchev–Trinajstić information content (AvgIpc) is 3.02. The number of nitrogens with zero attached hydrogens (tertiary/aromatic N) is 4. The minimum absolute atomic E-state index is 0.0585. The Labute approximate surface area is 138 Å². The smallest absolute Gasteiger partial charge is 0.252 e. The lowest BCUT2D eigenvalue weighted by Crippen LogP contribution is -2.23. The van der Waals surface area contributed by atoms with E-state index in [-0.39, 0.29) is 11.7 Å². The van der Waals surface area contributed by atoms with Crippen LogP contribution in [0.2, 0.25) is 0 Å². The van der Waals surface area contributed by atoms with Crippen molar-refractivity contribution in [1.29, 1.82) is 0 Å². The van der Waals surface area contributed by atoms with Gasteiger partial charge in [0, 0.05) is 24.4 Å². The van der Waals surface area contributed by atoms with Crippen molar-refractivity contribution in [3.05, 3.63) is 58.9 Å². The first kappa shape index (κ1) is 16.0. The van der Waals surface area contributed by atoms with E-state index in [2.05, 4.69) is 20.4 Å². The van der Waals surface area contributed by atoms with E-state index < -0.39 is 0 Å². The van der Waals surface area contributed by atoms with Crippen molar-refractivity contribution in [3.8, 4) is 0 Å². The van der Waals surface area contributed by atoms with Crippen LogP contribution < -0.4 is 5.32 Å². The molecule has 2 aromatic heterocycles. The molecule has 0 aliphatic carbocycles. The summed E-state index contributed by atoms with van der Waals surface area (Å²) in [6.07, 6.45) is 2.40. The van der Waals surface area contributed by atoms with Crippen LogP contribution in [0, 0.1) is 19.7 Å². The van der Waals surface area contributed by atoms with Crippen molar-refractivity contribution in [2.75, 3.05) is 0 Å². The summed E-state index contributed by atoms with van der Waals surface area (Å²) in [6, 6.07) is 6.08. The summed E-state index contributed by atoms with van der Waals surface area (Å²) in [4.78, 5) is 20.5. The van der Waals surface area contributed by atoms with Crippen LogP contribution in [0.5, 0.6) is 0 Å². The molecule has 6 nitrogen and oxygen atoms in total. The van der Waals surface area contributed by atoms with E-state index in [1.807, 2.05) is 13.8 Å². The first-order valence-electron chi connectivity index (χ1n) is 7.71. The second-order valence-corrected chi connectivity index (χ2v) is 5.64. The molecule has 0 saturated heterocycles. The highest BCUT2D eigenvalue weighted by Gasteiger charge is 2.12. The van der Waals surface area contributed by atoms with Crippen molar-refractivity contribution in [2.45, 2.75) is 33.2 Å². The van der Waals surface area contributed by atoms with Gasteiger partial charge in [0.25, 0.3) is 5.78 Å². The first-order chi connectivity index (χ1) is 11.5. The molecule has 7 heteroatoms. The topological polar surface area (TPSA) is 72.2 Å². The van der Waals surface area contributed by atoms with E-state index in [1.165, 1.54) is 18.5 Å². The van der Waals surface area contributed by atoms with Gasteiger partial charge >= 0.3 is 0 Å². The zero-order chi connectivity index (χ0) is 17.1. The van der Waals surface area contributed by atoms with Crippen LogP contribution in [0.25, 0.3) is 5.78 Å². The van der Waals surface area contributed by atoms with E-state index in [1.54, 1.807) is 16.6 Å². The van der Waals surface area contributed by atoms with Crippen molar-refractivity contribution >= 4 is 11.7 Å². The van der Waals surface area contributed by atoms with Crippen molar-refractivity contribution < 1.29 is 9.18 Å². The Morgan fingerprint density at radius 1 is 1.25 bits per heavy atom. The quantitative estimate of drug-likeness (QED) is 0.779. The second-order valence-electron chi connectivity index (χ2n) is 5.64. The number of nitrogens with one attached hydrogen (secondary N) is 1. The Hall–Kier alpha value is -2.83. The Kier molecular flexibility index (Phi) is 4.50. The molecular weight excluding hydrogens is 309 g/mol. The van der Waals surface area contributed by atoms with E-state index in [0.29, 0.717) is 25.2 Å². The summed E-state index contributed by atoms with van der Waals surface area (Å²) in [7, 11) is 0. The summed E-state index contributed by atoms with van der Waals surface area (Å²) >= 11 is 0. The third-order valence-electron chi connectivity index (χ3n) is 3.99. The normalized spacial score (nSPS) is 11.0. The highest BCUT2D eigenvalue weighted by atomic mass is 19.1. The number of aromatic nitrogens is 4. The van der Waals surface area contributed by atoms with Gasteiger partial charge < -0.3 is 5.32 Å². The van der Waals surface area contributed by atoms with Gasteiger partial charge in [0.1, 0.15) is 12.1 Å². The van der Waals surface area contributed by atoms with Crippen LogP contribution in [0.1, 0.15) is 28.9 Å². The second kappa shape index (κ2) is 6.74. The molecule has 0 radical (unpaired) electrons. The molecule has 0 unspecified atom stereocenters. The van der Waals surface area contributed by atoms with Gasteiger partial charge in [-0.25, -0.2) is 13.9 Å². The number of hydrogen-bond acceptors (Lipinski definition) is 4. The largest absolute Gasteiger partial charge is 0.352 e. The van der Waals surface area contributed by atoms with Gasteiger partial charge in [-0.2, -0.15) is 10.1 Å². The fourth-order valence-corrected chi connectivity index (χ4v) is 2.65. The van der Waals surface area contributed by atoms with E-state index >= 15 is 0 Å². The van der Waals surface area contributed by atoms with Crippen molar-refractivity contribution in [3.63, 3.8) is 0 Å². The number of rotatable bonds is 5. The number of halogens is 1. The molecule has 0 spiro atoms. The molecule has 2 heterocycles. The molecule has 1 N–H and O–H groups in total. The molecule has 124 valence electrons. The third kappa shape index (κ3) is 3.40. The molecule has 0 bridgehead atoms. The summed E-state index contributed by atoms with van der Waals surface area (Å²) < 4.78 is 14.5. The molecule has 0 saturated carbocycles. The number of carbonyl (C=O) groups excluding carboxylic acids is 1. The van der Waals surface area contributed by atoms with Gasteiger partial charge in [-0.05, 0) is 43.5 Å². The number of hydrogen-bond donors (Lipinski definition) is 1. The number of aryl methyl sites for hydroxylation is 2. The monoisotopic (exact) mass is 327 g/mol. The summed E-state index contributed by atoms with van der Waals surface area (Å²) in [5, 5.41) is 6.99. The lowest BCUT2D eigenvalue weighted by molar-refractivity contribution is -0.121. The molecule has 1 amide bonds. The maximum Gasteiger partial charge on any atom is 0.252 e. The SMILES string of the molecule is Cc1nc2ncnn2c(C)c1CCC(=O)NCc1ccc(F)cc1. The molecule has 24 heavy (non-hydrogen) atoms. The van der Waals surface area contributed by atoms with Gasteiger partial charge in [-0.3, -0.25) is 4.79 Å². The van der Waals surface area contributed by atoms with Gasteiger partial charge in [0.05, 0.1) is 0 Å². The zero-order valence-electron chi connectivity index (χ0n) is 13.6. The van der Waals surface area contributed by atoms with Crippen LogP contribution in [0.3, 0.4) is 0 Å². The molecule has 0 atom stereocenters. The van der Waals surface area contributed by atoms with Crippen LogP contribution >= 0.6 is 0 Å². The summed E-state index contributed by atoms with van der Waals surface area (Å²) in [5.74, 6) is 0.221. The van der Waals surface area contributed by atoms with Crippen LogP contribution in [0.15, 0.2) is 30.6 Å². The van der Waals surface area contributed by atoms with Gasteiger partial charge in [-0.1, -0.05) is 12.1 Å². The predicted molar refractivity (Wildman–Crippen MR) is 86.8 cm³/mol. The first-order valence-corrected chi connectivity index (χ1v) is 7.71. The Balaban J connectivity index is 1.61. The van der Waals surface area contributed by atoms with E-state index in [4.69, 9.17) is 0 Å². The Bertz CT molecular complexity index is 873. The van der Waals surface area contributed by atoms with Gasteiger partial charge in [-0.15, -0.1) is 0 Å². The fraction of sp³-hybridized carbons (Fsp3) is 0.294. The molecule has 3 rings (SSSR count). The standard InChI is InChI=1S/C17H18FN5O/c1-11-15(12(2)23-17(22-11)20-10-21-23)7-8-16(24)19-9-13-3-5-14(18)6-4-13/h3-6,10H,7-9H2,1-2H3,(H,19,24). The van der Waals surface area contributed by atoms with Crippen molar-refractivity contribution in [1.82, 2.24) is 24.9 Å². The molecular formula is C17H18FN5O. The maximum absolute atomic E-state index is 12.9. The third-order valence-corrected chi connectivity index (χ3v) is 3.99. The fourth-order valence-electron chi connectivity index (χ4n) is 2.65. The minimum Gasteiger partial charge on any atom is -0.352 e. The predicted octanol–water partition coefficient (Wildman–Crippen LogP) is 2.13. The summed E-state index contributed by atoms with van der Waals surface area (Å²) in [6.45, 7) is 4.24.